The summed E-state index contributed by atoms with van der Waals surface area (Å²) < 4.78 is 27.3. The van der Waals surface area contributed by atoms with Crippen LogP contribution in [-0.2, 0) is 16.4 Å². The van der Waals surface area contributed by atoms with Gasteiger partial charge < -0.3 is 5.32 Å². The molecule has 0 radical (unpaired) electrons. The van der Waals surface area contributed by atoms with Gasteiger partial charge in [0, 0.05) is 18.0 Å². The van der Waals surface area contributed by atoms with E-state index in [9.17, 15) is 13.2 Å². The van der Waals surface area contributed by atoms with Crippen molar-refractivity contribution >= 4 is 43.1 Å². The number of carbonyl (C=O) groups is 1. The normalized spacial score (nSPS) is 18.7. The standard InChI is InChI=1S/C19H25N5O3S2/c1-11(2)9-23-19-15(13(4)22-23)8-16(28-19)18(25)20-17-7-12(3)21-24(17)14-5-6-29(26,27)10-14/h7-8,11,14H,5-6,9-10H2,1-4H3,(H,20,25)/t14-/m0/s1. The van der Waals surface area contributed by atoms with E-state index in [4.69, 9.17) is 0 Å². The topological polar surface area (TPSA) is 98.9 Å². The number of anilines is 1. The number of amides is 1. The van der Waals surface area contributed by atoms with E-state index in [2.05, 4.69) is 29.4 Å². The molecule has 0 unspecified atom stereocenters. The van der Waals surface area contributed by atoms with Crippen molar-refractivity contribution in [1.29, 1.82) is 0 Å². The maximum atomic E-state index is 12.9. The van der Waals surface area contributed by atoms with Crippen molar-refractivity contribution in [2.45, 2.75) is 46.7 Å². The van der Waals surface area contributed by atoms with E-state index in [-0.39, 0.29) is 23.5 Å². The first kappa shape index (κ1) is 20.1. The number of fused-ring (bicyclic) bond motifs is 1. The largest absolute Gasteiger partial charge is 0.306 e. The molecule has 156 valence electrons. The van der Waals surface area contributed by atoms with E-state index in [1.165, 1.54) is 11.3 Å². The molecular formula is C19H25N5O3S2. The van der Waals surface area contributed by atoms with Crippen LogP contribution in [0.4, 0.5) is 5.82 Å². The van der Waals surface area contributed by atoms with E-state index in [1.807, 2.05) is 24.6 Å². The molecule has 1 aliphatic heterocycles. The van der Waals surface area contributed by atoms with Crippen molar-refractivity contribution in [2.75, 3.05) is 16.8 Å². The van der Waals surface area contributed by atoms with Crippen LogP contribution in [0.25, 0.3) is 10.2 Å². The van der Waals surface area contributed by atoms with Crippen molar-refractivity contribution in [3.05, 3.63) is 28.4 Å². The highest BCUT2D eigenvalue weighted by Gasteiger charge is 2.31. The second-order valence-electron chi connectivity index (χ2n) is 8.12. The molecule has 1 atom stereocenters. The number of nitrogens with one attached hydrogen (secondary N) is 1. The van der Waals surface area contributed by atoms with Crippen LogP contribution in [-0.4, -0.2) is 45.4 Å². The molecule has 0 spiro atoms. The molecule has 4 heterocycles. The van der Waals surface area contributed by atoms with Gasteiger partial charge in [0.25, 0.3) is 5.91 Å². The Kier molecular flexibility index (Phi) is 5.02. The summed E-state index contributed by atoms with van der Waals surface area (Å²) in [7, 11) is -3.04. The minimum Gasteiger partial charge on any atom is -0.306 e. The van der Waals surface area contributed by atoms with Gasteiger partial charge in [-0.1, -0.05) is 13.8 Å². The van der Waals surface area contributed by atoms with Gasteiger partial charge in [-0.25, -0.2) is 13.1 Å². The monoisotopic (exact) mass is 435 g/mol. The Hall–Kier alpha value is -2.20. The second kappa shape index (κ2) is 7.24. The predicted molar refractivity (Wildman–Crippen MR) is 114 cm³/mol. The molecule has 1 N–H and O–H groups in total. The fraction of sp³-hybridized carbons (Fsp3) is 0.526. The van der Waals surface area contributed by atoms with Crippen LogP contribution in [0.2, 0.25) is 0 Å². The number of sulfone groups is 1. The lowest BCUT2D eigenvalue weighted by molar-refractivity contribution is 0.102. The van der Waals surface area contributed by atoms with Crippen molar-refractivity contribution in [1.82, 2.24) is 19.6 Å². The van der Waals surface area contributed by atoms with Gasteiger partial charge in [0.2, 0.25) is 0 Å². The molecule has 10 heteroatoms. The number of hydrogen-bond acceptors (Lipinski definition) is 6. The predicted octanol–water partition coefficient (Wildman–Crippen LogP) is 3.18. The SMILES string of the molecule is Cc1cc(NC(=O)c2cc3c(C)nn(CC(C)C)c3s2)n([C@H]2CCS(=O)(=O)C2)n1. The lowest BCUT2D eigenvalue weighted by Crippen LogP contribution is -2.19. The molecule has 3 aromatic rings. The average Bonchev–Trinajstić information content (AvgIpc) is 3.34. The van der Waals surface area contributed by atoms with Gasteiger partial charge in [0.05, 0.1) is 33.8 Å². The third-order valence-electron chi connectivity index (χ3n) is 5.02. The van der Waals surface area contributed by atoms with Crippen molar-refractivity contribution in [3.8, 4) is 0 Å². The van der Waals surface area contributed by atoms with Gasteiger partial charge in [-0.15, -0.1) is 11.3 Å². The molecule has 29 heavy (non-hydrogen) atoms. The maximum absolute atomic E-state index is 12.9. The fourth-order valence-electron chi connectivity index (χ4n) is 3.73. The first-order valence-corrected chi connectivity index (χ1v) is 12.3. The zero-order valence-corrected chi connectivity index (χ0v) is 18.6. The highest BCUT2D eigenvalue weighted by Crippen LogP contribution is 2.31. The Morgan fingerprint density at radius 3 is 2.72 bits per heavy atom. The molecule has 0 aliphatic carbocycles. The third kappa shape index (κ3) is 3.95. The molecule has 0 bridgehead atoms. The van der Waals surface area contributed by atoms with Gasteiger partial charge in [-0.3, -0.25) is 9.48 Å². The Labute approximate surface area is 173 Å². The number of aromatic nitrogens is 4. The number of hydrogen-bond donors (Lipinski definition) is 1. The van der Waals surface area contributed by atoms with E-state index in [1.54, 1.807) is 10.7 Å². The summed E-state index contributed by atoms with van der Waals surface area (Å²) in [4.78, 5) is 14.5. The third-order valence-corrected chi connectivity index (χ3v) is 7.92. The Bertz CT molecular complexity index is 1190. The van der Waals surface area contributed by atoms with Gasteiger partial charge >= 0.3 is 0 Å². The number of aryl methyl sites for hydroxylation is 2. The highest BCUT2D eigenvalue weighted by atomic mass is 32.2. The summed E-state index contributed by atoms with van der Waals surface area (Å²) in [6.07, 6.45) is 0.513. The molecule has 1 saturated heterocycles. The number of carbonyl (C=O) groups excluding carboxylic acids is 1. The van der Waals surface area contributed by atoms with E-state index >= 15 is 0 Å². The summed E-state index contributed by atoms with van der Waals surface area (Å²) in [5.74, 6) is 0.990. The Morgan fingerprint density at radius 1 is 1.31 bits per heavy atom. The van der Waals surface area contributed by atoms with Crippen molar-refractivity contribution in [3.63, 3.8) is 0 Å². The van der Waals surface area contributed by atoms with Crippen LogP contribution in [0.5, 0.6) is 0 Å². The molecule has 8 nitrogen and oxygen atoms in total. The lowest BCUT2D eigenvalue weighted by atomic mass is 10.2. The zero-order chi connectivity index (χ0) is 20.9. The van der Waals surface area contributed by atoms with Crippen LogP contribution in [0.3, 0.4) is 0 Å². The lowest BCUT2D eigenvalue weighted by Gasteiger charge is -2.13. The van der Waals surface area contributed by atoms with Crippen molar-refractivity contribution in [2.24, 2.45) is 5.92 Å². The molecule has 0 aromatic carbocycles. The van der Waals surface area contributed by atoms with Crippen LogP contribution in [0.15, 0.2) is 12.1 Å². The maximum Gasteiger partial charge on any atom is 0.266 e. The molecule has 3 aromatic heterocycles. The summed E-state index contributed by atoms with van der Waals surface area (Å²) in [6, 6.07) is 3.41. The number of thiophene rings is 1. The molecule has 1 amide bonds. The number of nitrogens with zero attached hydrogens (tertiary/aromatic N) is 4. The summed E-state index contributed by atoms with van der Waals surface area (Å²) >= 11 is 1.42. The highest BCUT2D eigenvalue weighted by molar-refractivity contribution is 7.91. The second-order valence-corrected chi connectivity index (χ2v) is 11.4. The van der Waals surface area contributed by atoms with Crippen molar-refractivity contribution < 1.29 is 13.2 Å². The molecule has 0 saturated carbocycles. The quantitative estimate of drug-likeness (QED) is 0.664. The van der Waals surface area contributed by atoms with Crippen LogP contribution in [0.1, 0.15) is 47.4 Å². The van der Waals surface area contributed by atoms with Gasteiger partial charge in [-0.05, 0) is 32.3 Å². The number of rotatable bonds is 5. The Morgan fingerprint density at radius 2 is 2.07 bits per heavy atom. The van der Waals surface area contributed by atoms with E-state index in [0.717, 1.165) is 28.1 Å². The first-order valence-electron chi connectivity index (χ1n) is 9.68. The van der Waals surface area contributed by atoms with E-state index in [0.29, 0.717) is 23.0 Å². The minimum absolute atomic E-state index is 0.0596. The molecular weight excluding hydrogens is 410 g/mol. The Balaban J connectivity index is 1.60. The van der Waals surface area contributed by atoms with Crippen LogP contribution >= 0.6 is 11.3 Å². The zero-order valence-electron chi connectivity index (χ0n) is 17.0. The van der Waals surface area contributed by atoms with E-state index < -0.39 is 9.84 Å². The molecule has 1 fully saturated rings. The summed E-state index contributed by atoms with van der Waals surface area (Å²) in [5, 5.41) is 12.9. The van der Waals surface area contributed by atoms with Gasteiger partial charge in [0.1, 0.15) is 10.6 Å². The van der Waals surface area contributed by atoms with Crippen LogP contribution < -0.4 is 5.32 Å². The first-order chi connectivity index (χ1) is 13.6. The summed E-state index contributed by atoms with van der Waals surface area (Å²) in [5.41, 5.74) is 1.65. The molecule has 1 aliphatic rings. The van der Waals surface area contributed by atoms with Crippen LogP contribution in [0, 0.1) is 19.8 Å². The van der Waals surface area contributed by atoms with Gasteiger partial charge in [-0.2, -0.15) is 10.2 Å². The molecule has 4 rings (SSSR count). The smallest absolute Gasteiger partial charge is 0.266 e. The average molecular weight is 436 g/mol. The fourth-order valence-corrected chi connectivity index (χ4v) is 6.49. The van der Waals surface area contributed by atoms with Gasteiger partial charge in [0.15, 0.2) is 9.84 Å². The summed E-state index contributed by atoms with van der Waals surface area (Å²) in [6.45, 7) is 8.85. The minimum atomic E-state index is -3.04.